The maximum Gasteiger partial charge on any atom is 0.311 e. The normalized spacial score (nSPS) is 18.0. The molecule has 0 aliphatic carbocycles. The average molecular weight is 324 g/mol. The topological polar surface area (TPSA) is 89.5 Å². The van der Waals surface area contributed by atoms with Crippen LogP contribution in [0.5, 0.6) is 0 Å². The van der Waals surface area contributed by atoms with E-state index in [0.717, 1.165) is 30.9 Å². The fraction of sp³-hybridized carbons (Fsp3) is 0.312. The van der Waals surface area contributed by atoms with Crippen molar-refractivity contribution in [3.63, 3.8) is 0 Å². The minimum absolute atomic E-state index is 0.0456. The number of nitrogens with zero attached hydrogens (tertiary/aromatic N) is 6. The fourth-order valence-corrected chi connectivity index (χ4v) is 3.29. The molecule has 0 unspecified atom stereocenters. The number of hydrogen-bond acceptors (Lipinski definition) is 6. The average Bonchev–Trinajstić information content (AvgIpc) is 3.06. The Kier molecular flexibility index (Phi) is 3.56. The van der Waals surface area contributed by atoms with Crippen LogP contribution >= 0.6 is 0 Å². The molecule has 1 fully saturated rings. The van der Waals surface area contributed by atoms with Gasteiger partial charge in [0.2, 0.25) is 5.82 Å². The molecule has 24 heavy (non-hydrogen) atoms. The van der Waals surface area contributed by atoms with Crippen LogP contribution in [0.4, 0.5) is 11.5 Å². The van der Waals surface area contributed by atoms with E-state index in [-0.39, 0.29) is 16.5 Å². The van der Waals surface area contributed by atoms with Crippen molar-refractivity contribution in [2.24, 2.45) is 0 Å². The van der Waals surface area contributed by atoms with Crippen molar-refractivity contribution in [1.82, 2.24) is 19.6 Å². The number of piperidine rings is 1. The van der Waals surface area contributed by atoms with Crippen LogP contribution in [0.1, 0.15) is 24.6 Å². The zero-order chi connectivity index (χ0) is 16.5. The van der Waals surface area contributed by atoms with Crippen LogP contribution < -0.4 is 4.90 Å². The zero-order valence-electron chi connectivity index (χ0n) is 12.9. The lowest BCUT2D eigenvalue weighted by Gasteiger charge is -2.32. The Bertz CT molecular complexity index is 893. The molecule has 8 heteroatoms. The highest BCUT2D eigenvalue weighted by Crippen LogP contribution is 2.32. The van der Waals surface area contributed by atoms with Gasteiger partial charge in [0.25, 0.3) is 0 Å². The zero-order valence-corrected chi connectivity index (χ0v) is 12.9. The summed E-state index contributed by atoms with van der Waals surface area (Å²) in [7, 11) is 0. The van der Waals surface area contributed by atoms with Crippen molar-refractivity contribution in [3.8, 4) is 0 Å². The Labute approximate surface area is 137 Å². The minimum Gasteiger partial charge on any atom is -0.350 e. The standard InChI is InChI=1S/C16H16N6O2/c23-22(24)13-6-3-8-17-16(13)20-9-4-5-12(11-20)15-19-18-14-7-1-2-10-21(14)15/h1-3,6-8,10,12H,4-5,9,11H2/t12-/m0/s1. The SMILES string of the molecule is O=[N+]([O-])c1cccnc1N1CCC[C@H](c2nnc3ccccn23)C1. The number of anilines is 1. The quantitative estimate of drug-likeness (QED) is 0.543. The van der Waals surface area contributed by atoms with Gasteiger partial charge in [-0.2, -0.15) is 0 Å². The van der Waals surface area contributed by atoms with E-state index in [0.29, 0.717) is 12.4 Å². The van der Waals surface area contributed by atoms with Gasteiger partial charge in [-0.3, -0.25) is 14.5 Å². The van der Waals surface area contributed by atoms with Gasteiger partial charge in [0.15, 0.2) is 5.65 Å². The summed E-state index contributed by atoms with van der Waals surface area (Å²) in [5.41, 5.74) is 0.859. The van der Waals surface area contributed by atoms with Crippen LogP contribution in [0.3, 0.4) is 0 Å². The molecular weight excluding hydrogens is 308 g/mol. The Hall–Kier alpha value is -3.03. The molecule has 1 aliphatic rings. The molecular formula is C16H16N6O2. The summed E-state index contributed by atoms with van der Waals surface area (Å²) >= 11 is 0. The Morgan fingerprint density at radius 3 is 3.00 bits per heavy atom. The molecule has 1 saturated heterocycles. The lowest BCUT2D eigenvalue weighted by Crippen LogP contribution is -2.36. The molecule has 0 bridgehead atoms. The van der Waals surface area contributed by atoms with Crippen LogP contribution in [0.2, 0.25) is 0 Å². The second-order valence-electron chi connectivity index (χ2n) is 5.88. The van der Waals surface area contributed by atoms with E-state index < -0.39 is 0 Å². The third-order valence-corrected chi connectivity index (χ3v) is 4.39. The Morgan fingerprint density at radius 1 is 1.21 bits per heavy atom. The van der Waals surface area contributed by atoms with Gasteiger partial charge in [0.05, 0.1) is 4.92 Å². The maximum atomic E-state index is 11.3. The number of hydrogen-bond donors (Lipinski definition) is 0. The van der Waals surface area contributed by atoms with E-state index in [2.05, 4.69) is 15.2 Å². The number of fused-ring (bicyclic) bond motifs is 1. The maximum absolute atomic E-state index is 11.3. The smallest absolute Gasteiger partial charge is 0.311 e. The van der Waals surface area contributed by atoms with Gasteiger partial charge >= 0.3 is 5.69 Å². The summed E-state index contributed by atoms with van der Waals surface area (Å²) in [4.78, 5) is 17.1. The first kappa shape index (κ1) is 14.6. The predicted molar refractivity (Wildman–Crippen MR) is 88.1 cm³/mol. The van der Waals surface area contributed by atoms with E-state index >= 15 is 0 Å². The molecule has 122 valence electrons. The van der Waals surface area contributed by atoms with Crippen molar-refractivity contribution in [2.45, 2.75) is 18.8 Å². The van der Waals surface area contributed by atoms with Crippen LogP contribution in [-0.2, 0) is 0 Å². The molecule has 0 spiro atoms. The minimum atomic E-state index is -0.377. The summed E-state index contributed by atoms with van der Waals surface area (Å²) < 4.78 is 1.99. The third kappa shape index (κ3) is 2.45. The third-order valence-electron chi connectivity index (χ3n) is 4.39. The lowest BCUT2D eigenvalue weighted by molar-refractivity contribution is -0.384. The first-order chi connectivity index (χ1) is 11.7. The number of rotatable bonds is 3. The van der Waals surface area contributed by atoms with E-state index in [1.54, 1.807) is 12.3 Å². The molecule has 0 radical (unpaired) electrons. The van der Waals surface area contributed by atoms with Crippen LogP contribution in [0.15, 0.2) is 42.7 Å². The molecule has 3 aromatic rings. The molecule has 0 saturated carbocycles. The largest absolute Gasteiger partial charge is 0.350 e. The Balaban J connectivity index is 1.66. The summed E-state index contributed by atoms with van der Waals surface area (Å²) in [5.74, 6) is 1.49. The van der Waals surface area contributed by atoms with Crippen molar-refractivity contribution in [2.75, 3.05) is 18.0 Å². The van der Waals surface area contributed by atoms with Crippen LogP contribution in [-0.4, -0.2) is 37.6 Å². The van der Waals surface area contributed by atoms with Gasteiger partial charge < -0.3 is 4.90 Å². The molecule has 0 amide bonds. The first-order valence-electron chi connectivity index (χ1n) is 7.88. The van der Waals surface area contributed by atoms with Gasteiger partial charge in [0, 0.05) is 37.5 Å². The van der Waals surface area contributed by atoms with Crippen LogP contribution in [0.25, 0.3) is 5.65 Å². The number of aromatic nitrogens is 4. The van der Waals surface area contributed by atoms with Gasteiger partial charge in [0.1, 0.15) is 5.82 Å². The lowest BCUT2D eigenvalue weighted by atomic mass is 9.97. The number of pyridine rings is 2. The molecule has 0 aromatic carbocycles. The van der Waals surface area contributed by atoms with E-state index in [1.807, 2.05) is 33.7 Å². The van der Waals surface area contributed by atoms with Gasteiger partial charge in [-0.1, -0.05) is 6.07 Å². The second kappa shape index (κ2) is 5.88. The highest BCUT2D eigenvalue weighted by molar-refractivity contribution is 5.57. The van der Waals surface area contributed by atoms with Gasteiger partial charge in [-0.15, -0.1) is 10.2 Å². The Morgan fingerprint density at radius 2 is 2.12 bits per heavy atom. The summed E-state index contributed by atoms with van der Waals surface area (Å²) in [6.45, 7) is 1.40. The summed E-state index contributed by atoms with van der Waals surface area (Å²) in [6, 6.07) is 8.89. The molecule has 8 nitrogen and oxygen atoms in total. The predicted octanol–water partition coefficient (Wildman–Crippen LogP) is 2.42. The highest BCUT2D eigenvalue weighted by Gasteiger charge is 2.29. The van der Waals surface area contributed by atoms with Gasteiger partial charge in [-0.25, -0.2) is 4.98 Å². The monoisotopic (exact) mass is 324 g/mol. The summed E-state index contributed by atoms with van der Waals surface area (Å²) in [5, 5.41) is 19.8. The van der Waals surface area contributed by atoms with E-state index in [4.69, 9.17) is 0 Å². The van der Waals surface area contributed by atoms with Crippen molar-refractivity contribution in [3.05, 3.63) is 58.7 Å². The van der Waals surface area contributed by atoms with Crippen molar-refractivity contribution >= 4 is 17.2 Å². The van der Waals surface area contributed by atoms with Crippen molar-refractivity contribution in [1.29, 1.82) is 0 Å². The van der Waals surface area contributed by atoms with Crippen LogP contribution in [0, 0.1) is 10.1 Å². The molecule has 4 heterocycles. The van der Waals surface area contributed by atoms with Crippen molar-refractivity contribution < 1.29 is 4.92 Å². The highest BCUT2D eigenvalue weighted by atomic mass is 16.6. The van der Waals surface area contributed by atoms with E-state index in [9.17, 15) is 10.1 Å². The first-order valence-corrected chi connectivity index (χ1v) is 7.88. The van der Waals surface area contributed by atoms with Gasteiger partial charge in [-0.05, 0) is 31.0 Å². The molecule has 4 rings (SSSR count). The molecule has 1 atom stereocenters. The fourth-order valence-electron chi connectivity index (χ4n) is 3.29. The molecule has 1 aliphatic heterocycles. The number of nitro groups is 1. The molecule has 3 aromatic heterocycles. The second-order valence-corrected chi connectivity index (χ2v) is 5.88. The van der Waals surface area contributed by atoms with E-state index in [1.165, 1.54) is 6.07 Å². The summed E-state index contributed by atoms with van der Waals surface area (Å²) in [6.07, 6.45) is 5.46. The molecule has 0 N–H and O–H groups in total.